The van der Waals surface area contributed by atoms with Gasteiger partial charge in [-0.2, -0.15) is 0 Å². The molecule has 8 heteroatoms. The number of fused-ring (bicyclic) bond motifs is 3. The maximum Gasteiger partial charge on any atom is 0.253 e. The highest BCUT2D eigenvalue weighted by Gasteiger charge is 2.40. The lowest BCUT2D eigenvalue weighted by Gasteiger charge is -2.45. The molecule has 0 unspecified atom stereocenters. The number of nitrogens with zero attached hydrogens (tertiary/aromatic N) is 4. The normalized spacial score (nSPS) is 22.1. The molecule has 1 N–H and O–H groups in total. The first-order chi connectivity index (χ1) is 19.6. The summed E-state index contributed by atoms with van der Waals surface area (Å²) in [6.07, 6.45) is 7.86. The second kappa shape index (κ2) is 12.0. The first kappa shape index (κ1) is 26.8. The Hall–Kier alpha value is -3.39. The van der Waals surface area contributed by atoms with E-state index in [1.165, 1.54) is 5.56 Å². The van der Waals surface area contributed by atoms with E-state index in [2.05, 4.69) is 39.4 Å². The third-order valence-corrected chi connectivity index (χ3v) is 9.02. The molecule has 2 aromatic carbocycles. The fourth-order valence-electron chi connectivity index (χ4n) is 6.83. The van der Waals surface area contributed by atoms with Gasteiger partial charge in [0.1, 0.15) is 12.6 Å². The molecule has 40 heavy (non-hydrogen) atoms. The third-order valence-electron chi connectivity index (χ3n) is 9.02. The number of piperidine rings is 3. The van der Waals surface area contributed by atoms with Crippen LogP contribution in [0.3, 0.4) is 0 Å². The minimum Gasteiger partial charge on any atom is -0.358 e. The summed E-state index contributed by atoms with van der Waals surface area (Å²) in [4.78, 5) is 48.6. The summed E-state index contributed by atoms with van der Waals surface area (Å²) in [6.45, 7) is 5.16. The van der Waals surface area contributed by atoms with E-state index in [0.717, 1.165) is 96.3 Å². The Morgan fingerprint density at radius 1 is 0.800 bits per heavy atom. The first-order valence-electron chi connectivity index (χ1n) is 15.1. The van der Waals surface area contributed by atoms with Crippen LogP contribution in [0, 0.1) is 0 Å². The van der Waals surface area contributed by atoms with Crippen molar-refractivity contribution in [1.82, 2.24) is 15.1 Å². The molecule has 0 radical (unpaired) electrons. The quantitative estimate of drug-likeness (QED) is 0.600. The molecule has 3 saturated heterocycles. The van der Waals surface area contributed by atoms with Gasteiger partial charge < -0.3 is 15.1 Å². The molecule has 4 heterocycles. The maximum absolute atomic E-state index is 13.8. The molecule has 2 aromatic rings. The zero-order chi connectivity index (χ0) is 27.5. The van der Waals surface area contributed by atoms with Crippen LogP contribution >= 0.6 is 0 Å². The predicted molar refractivity (Wildman–Crippen MR) is 156 cm³/mol. The molecule has 0 spiro atoms. The molecule has 0 bridgehead atoms. The van der Waals surface area contributed by atoms with Crippen molar-refractivity contribution in [3.63, 3.8) is 0 Å². The zero-order valence-electron chi connectivity index (χ0n) is 23.4. The van der Waals surface area contributed by atoms with Crippen LogP contribution < -0.4 is 15.1 Å². The Balaban J connectivity index is 1.14. The molecule has 212 valence electrons. The van der Waals surface area contributed by atoms with Gasteiger partial charge in [0.05, 0.1) is 11.4 Å². The molecule has 0 aromatic heterocycles. The smallest absolute Gasteiger partial charge is 0.253 e. The van der Waals surface area contributed by atoms with Gasteiger partial charge in [-0.3, -0.25) is 24.2 Å². The van der Waals surface area contributed by atoms with Gasteiger partial charge in [0.25, 0.3) is 5.91 Å². The van der Waals surface area contributed by atoms with Crippen molar-refractivity contribution >= 4 is 29.1 Å². The second-order valence-electron chi connectivity index (χ2n) is 11.8. The SMILES string of the molecule is O=C(CN1C(=O)[C@@H]2CCCCN2c2ccc(C(=O)N3CCCCC3)cc21)NC1CCN(Cc2ccccc2)CC1. The molecule has 0 aliphatic carbocycles. The van der Waals surface area contributed by atoms with E-state index in [1.54, 1.807) is 4.90 Å². The molecule has 8 nitrogen and oxygen atoms in total. The van der Waals surface area contributed by atoms with E-state index in [0.29, 0.717) is 11.3 Å². The molecule has 6 rings (SSSR count). The van der Waals surface area contributed by atoms with Crippen LogP contribution in [0.15, 0.2) is 48.5 Å². The largest absolute Gasteiger partial charge is 0.358 e. The van der Waals surface area contributed by atoms with Crippen LogP contribution in [-0.4, -0.2) is 78.9 Å². The molecular weight excluding hydrogens is 502 g/mol. The molecule has 3 amide bonds. The number of anilines is 2. The monoisotopic (exact) mass is 543 g/mol. The number of carbonyl (C=O) groups excluding carboxylic acids is 3. The summed E-state index contributed by atoms with van der Waals surface area (Å²) >= 11 is 0. The average Bonchev–Trinajstić information content (AvgIpc) is 3.00. The Bertz CT molecular complexity index is 1220. The van der Waals surface area contributed by atoms with Crippen LogP contribution in [0.5, 0.6) is 0 Å². The minimum atomic E-state index is -0.237. The lowest BCUT2D eigenvalue weighted by molar-refractivity contribution is -0.125. The lowest BCUT2D eigenvalue weighted by Crippen LogP contribution is -2.57. The van der Waals surface area contributed by atoms with Gasteiger partial charge in [0.15, 0.2) is 0 Å². The molecule has 4 aliphatic heterocycles. The van der Waals surface area contributed by atoms with Gasteiger partial charge in [-0.1, -0.05) is 30.3 Å². The summed E-state index contributed by atoms with van der Waals surface area (Å²) in [5.41, 5.74) is 3.56. The van der Waals surface area contributed by atoms with Gasteiger partial charge in [-0.05, 0) is 75.1 Å². The summed E-state index contributed by atoms with van der Waals surface area (Å²) in [5, 5.41) is 3.21. The van der Waals surface area contributed by atoms with Gasteiger partial charge in [-0.25, -0.2) is 0 Å². The van der Waals surface area contributed by atoms with Crippen molar-refractivity contribution in [2.24, 2.45) is 0 Å². The van der Waals surface area contributed by atoms with Crippen LogP contribution in [-0.2, 0) is 16.1 Å². The summed E-state index contributed by atoms with van der Waals surface area (Å²) in [6, 6.07) is 16.1. The Kier molecular flexibility index (Phi) is 8.05. The van der Waals surface area contributed by atoms with Crippen LogP contribution in [0.2, 0.25) is 0 Å². The predicted octanol–water partition coefficient (Wildman–Crippen LogP) is 3.80. The van der Waals surface area contributed by atoms with E-state index in [4.69, 9.17) is 0 Å². The van der Waals surface area contributed by atoms with Crippen molar-refractivity contribution in [1.29, 1.82) is 0 Å². The summed E-state index contributed by atoms with van der Waals surface area (Å²) < 4.78 is 0. The van der Waals surface area contributed by atoms with Crippen molar-refractivity contribution in [3.8, 4) is 0 Å². The minimum absolute atomic E-state index is 0.0121. The van der Waals surface area contributed by atoms with Crippen molar-refractivity contribution in [2.45, 2.75) is 70.0 Å². The highest BCUT2D eigenvalue weighted by Crippen LogP contribution is 2.40. The summed E-state index contributed by atoms with van der Waals surface area (Å²) in [7, 11) is 0. The van der Waals surface area contributed by atoms with Crippen molar-refractivity contribution < 1.29 is 14.4 Å². The van der Waals surface area contributed by atoms with Crippen LogP contribution in [0.4, 0.5) is 11.4 Å². The first-order valence-corrected chi connectivity index (χ1v) is 15.1. The highest BCUT2D eigenvalue weighted by molar-refractivity contribution is 6.09. The maximum atomic E-state index is 13.8. The molecule has 1 atom stereocenters. The van der Waals surface area contributed by atoms with Crippen molar-refractivity contribution in [3.05, 3.63) is 59.7 Å². The standard InChI is InChI=1S/C32H41N5O3/c38-30(33-26-14-19-34(20-15-26)22-24-9-3-1-4-10-24)23-37-29-21-25(31(39)35-16-6-2-7-17-35)12-13-27(29)36-18-8-5-11-28(36)32(37)40/h1,3-4,9-10,12-13,21,26,28H,2,5-8,11,14-20,22-23H2,(H,33,38)/t28-/m0/s1. The molecule has 4 aliphatic rings. The van der Waals surface area contributed by atoms with Gasteiger partial charge in [0, 0.05) is 50.9 Å². The summed E-state index contributed by atoms with van der Waals surface area (Å²) in [5.74, 6) is -0.136. The van der Waals surface area contributed by atoms with Crippen molar-refractivity contribution in [2.75, 3.05) is 49.1 Å². The number of likely N-dealkylation sites (tertiary alicyclic amines) is 2. The van der Waals surface area contributed by atoms with Crippen LogP contribution in [0.25, 0.3) is 0 Å². The molecule has 0 saturated carbocycles. The highest BCUT2D eigenvalue weighted by atomic mass is 16.2. The number of benzene rings is 2. The number of carbonyl (C=O) groups is 3. The number of hydrogen-bond donors (Lipinski definition) is 1. The molecule has 3 fully saturated rings. The van der Waals surface area contributed by atoms with Gasteiger partial charge in [-0.15, -0.1) is 0 Å². The lowest BCUT2D eigenvalue weighted by atomic mass is 9.95. The topological polar surface area (TPSA) is 76.2 Å². The van der Waals surface area contributed by atoms with Crippen LogP contribution in [0.1, 0.15) is 67.3 Å². The Labute approximate surface area is 237 Å². The zero-order valence-corrected chi connectivity index (χ0v) is 23.4. The Morgan fingerprint density at radius 2 is 1.55 bits per heavy atom. The number of nitrogens with one attached hydrogen (secondary N) is 1. The van der Waals surface area contributed by atoms with E-state index in [-0.39, 0.29) is 36.3 Å². The van der Waals surface area contributed by atoms with Gasteiger partial charge >= 0.3 is 0 Å². The average molecular weight is 544 g/mol. The number of rotatable bonds is 6. The van der Waals surface area contributed by atoms with Gasteiger partial charge in [0.2, 0.25) is 11.8 Å². The fraction of sp³-hybridized carbons (Fsp3) is 0.531. The number of amides is 3. The second-order valence-corrected chi connectivity index (χ2v) is 11.8. The van der Waals surface area contributed by atoms with E-state index in [9.17, 15) is 14.4 Å². The third kappa shape index (κ3) is 5.73. The molecular formula is C32H41N5O3. The van der Waals surface area contributed by atoms with E-state index in [1.807, 2.05) is 29.2 Å². The van der Waals surface area contributed by atoms with E-state index < -0.39 is 0 Å². The fourth-order valence-corrected chi connectivity index (χ4v) is 6.83. The number of hydrogen-bond acceptors (Lipinski definition) is 5. The van der Waals surface area contributed by atoms with E-state index >= 15 is 0 Å². The Morgan fingerprint density at radius 3 is 2.33 bits per heavy atom.